The minimum Gasteiger partial charge on any atom is -0.361 e. The van der Waals surface area contributed by atoms with Crippen LogP contribution in [0.3, 0.4) is 0 Å². The second kappa shape index (κ2) is 6.73. The van der Waals surface area contributed by atoms with Crippen molar-refractivity contribution >= 4 is 28.6 Å². The smallest absolute Gasteiger partial charge is 0.220 e. The van der Waals surface area contributed by atoms with Crippen LogP contribution >= 0.6 is 11.8 Å². The standard InChI is InChI=1S/C20H20N2OS/c23-20(10-9-14-13-21-17-7-3-1-5-15(14)17)22-18-11-12-24-19-8-4-2-6-16(18)19/h1-8,13,18,21H,9-12H2,(H,22,23)/t18-/m0/s1. The highest BCUT2D eigenvalue weighted by Gasteiger charge is 2.21. The van der Waals surface area contributed by atoms with Crippen LogP contribution in [-0.4, -0.2) is 16.6 Å². The molecule has 0 radical (unpaired) electrons. The predicted molar refractivity (Wildman–Crippen MR) is 99.3 cm³/mol. The zero-order chi connectivity index (χ0) is 16.4. The van der Waals surface area contributed by atoms with Gasteiger partial charge in [-0.25, -0.2) is 0 Å². The molecule has 1 aromatic heterocycles. The Balaban J connectivity index is 1.41. The van der Waals surface area contributed by atoms with E-state index >= 15 is 0 Å². The van der Waals surface area contributed by atoms with Crippen LogP contribution in [0, 0.1) is 0 Å². The Kier molecular flexibility index (Phi) is 4.30. The van der Waals surface area contributed by atoms with Crippen molar-refractivity contribution in [2.75, 3.05) is 5.75 Å². The monoisotopic (exact) mass is 336 g/mol. The predicted octanol–water partition coefficient (Wildman–Crippen LogP) is 4.45. The van der Waals surface area contributed by atoms with Gasteiger partial charge in [0.1, 0.15) is 0 Å². The van der Waals surface area contributed by atoms with Crippen LogP contribution in [0.4, 0.5) is 0 Å². The third-order valence-corrected chi connectivity index (χ3v) is 5.71. The van der Waals surface area contributed by atoms with Crippen molar-refractivity contribution in [3.8, 4) is 0 Å². The van der Waals surface area contributed by atoms with E-state index in [2.05, 4.69) is 46.7 Å². The van der Waals surface area contributed by atoms with E-state index in [1.807, 2.05) is 30.1 Å². The number of carbonyl (C=O) groups is 1. The molecular weight excluding hydrogens is 316 g/mol. The SMILES string of the molecule is O=C(CCc1c[nH]c2ccccc12)N[C@H]1CCSc2ccccc21. The number of rotatable bonds is 4. The third-order valence-electron chi connectivity index (χ3n) is 4.59. The lowest BCUT2D eigenvalue weighted by Gasteiger charge is -2.25. The Morgan fingerprint density at radius 3 is 2.96 bits per heavy atom. The van der Waals surface area contributed by atoms with Gasteiger partial charge in [0, 0.05) is 34.2 Å². The number of carbonyl (C=O) groups excluding carboxylic acids is 1. The van der Waals surface area contributed by atoms with E-state index in [-0.39, 0.29) is 11.9 Å². The second-order valence-electron chi connectivity index (χ2n) is 6.15. The number of aryl methyl sites for hydroxylation is 1. The van der Waals surface area contributed by atoms with E-state index in [4.69, 9.17) is 0 Å². The van der Waals surface area contributed by atoms with E-state index in [0.29, 0.717) is 6.42 Å². The summed E-state index contributed by atoms with van der Waals surface area (Å²) in [6.45, 7) is 0. The molecule has 0 fully saturated rings. The molecule has 0 unspecified atom stereocenters. The summed E-state index contributed by atoms with van der Waals surface area (Å²) in [6.07, 6.45) is 4.30. The molecule has 0 saturated heterocycles. The number of fused-ring (bicyclic) bond motifs is 2. The zero-order valence-electron chi connectivity index (χ0n) is 13.4. The van der Waals surface area contributed by atoms with Gasteiger partial charge in [0.05, 0.1) is 6.04 Å². The second-order valence-corrected chi connectivity index (χ2v) is 7.29. The van der Waals surface area contributed by atoms with E-state index in [9.17, 15) is 4.79 Å². The molecule has 4 heteroatoms. The van der Waals surface area contributed by atoms with Crippen molar-refractivity contribution in [1.29, 1.82) is 0 Å². The van der Waals surface area contributed by atoms with Crippen LogP contribution in [0.1, 0.15) is 30.0 Å². The molecule has 4 rings (SSSR count). The van der Waals surface area contributed by atoms with Gasteiger partial charge in [0.2, 0.25) is 5.91 Å². The number of amides is 1. The number of para-hydroxylation sites is 1. The fourth-order valence-electron chi connectivity index (χ4n) is 3.35. The molecule has 122 valence electrons. The van der Waals surface area contributed by atoms with Crippen molar-refractivity contribution in [2.45, 2.75) is 30.2 Å². The van der Waals surface area contributed by atoms with Crippen LogP contribution < -0.4 is 5.32 Å². The molecule has 24 heavy (non-hydrogen) atoms. The van der Waals surface area contributed by atoms with Gasteiger partial charge in [-0.05, 0) is 36.1 Å². The fourth-order valence-corrected chi connectivity index (χ4v) is 4.47. The van der Waals surface area contributed by atoms with Gasteiger partial charge < -0.3 is 10.3 Å². The van der Waals surface area contributed by atoms with Crippen molar-refractivity contribution in [1.82, 2.24) is 10.3 Å². The average Bonchev–Trinajstić information content (AvgIpc) is 3.04. The van der Waals surface area contributed by atoms with Gasteiger partial charge in [-0.1, -0.05) is 36.4 Å². The van der Waals surface area contributed by atoms with Gasteiger partial charge >= 0.3 is 0 Å². The molecule has 2 heterocycles. The first kappa shape index (κ1) is 15.3. The minimum absolute atomic E-state index is 0.131. The van der Waals surface area contributed by atoms with Crippen LogP contribution in [0.25, 0.3) is 10.9 Å². The first-order chi connectivity index (χ1) is 11.8. The average molecular weight is 336 g/mol. The van der Waals surface area contributed by atoms with Crippen molar-refractivity contribution in [3.05, 3.63) is 65.9 Å². The molecule has 0 bridgehead atoms. The van der Waals surface area contributed by atoms with E-state index < -0.39 is 0 Å². The normalized spacial score (nSPS) is 16.8. The zero-order valence-corrected chi connectivity index (χ0v) is 14.2. The Labute approximate surface area is 145 Å². The first-order valence-electron chi connectivity index (χ1n) is 8.37. The van der Waals surface area contributed by atoms with Gasteiger partial charge in [-0.2, -0.15) is 0 Å². The molecule has 1 aliphatic heterocycles. The van der Waals surface area contributed by atoms with Gasteiger partial charge in [-0.15, -0.1) is 11.8 Å². The summed E-state index contributed by atoms with van der Waals surface area (Å²) in [6, 6.07) is 16.8. The maximum Gasteiger partial charge on any atom is 0.220 e. The fraction of sp³-hybridized carbons (Fsp3) is 0.250. The number of thioether (sulfide) groups is 1. The minimum atomic E-state index is 0.131. The van der Waals surface area contributed by atoms with Crippen molar-refractivity contribution < 1.29 is 4.79 Å². The number of H-pyrrole nitrogens is 1. The molecule has 1 aliphatic rings. The van der Waals surface area contributed by atoms with Crippen LogP contribution in [0.5, 0.6) is 0 Å². The largest absolute Gasteiger partial charge is 0.361 e. The summed E-state index contributed by atoms with van der Waals surface area (Å²) in [7, 11) is 0. The molecule has 0 spiro atoms. The van der Waals surface area contributed by atoms with Crippen molar-refractivity contribution in [3.63, 3.8) is 0 Å². The molecule has 2 N–H and O–H groups in total. The van der Waals surface area contributed by atoms with Gasteiger partial charge in [0.25, 0.3) is 0 Å². The number of nitrogens with one attached hydrogen (secondary N) is 2. The number of hydrogen-bond donors (Lipinski definition) is 2. The van der Waals surface area contributed by atoms with E-state index in [1.54, 1.807) is 0 Å². The number of aromatic nitrogens is 1. The highest BCUT2D eigenvalue weighted by molar-refractivity contribution is 7.99. The lowest BCUT2D eigenvalue weighted by Crippen LogP contribution is -2.30. The summed E-state index contributed by atoms with van der Waals surface area (Å²) in [5.74, 6) is 1.19. The van der Waals surface area contributed by atoms with Gasteiger partial charge in [0.15, 0.2) is 0 Å². The maximum absolute atomic E-state index is 12.4. The summed E-state index contributed by atoms with van der Waals surface area (Å²) >= 11 is 1.88. The molecule has 0 saturated carbocycles. The Morgan fingerprint density at radius 2 is 2.00 bits per heavy atom. The molecule has 3 aromatic rings. The Morgan fingerprint density at radius 1 is 1.17 bits per heavy atom. The highest BCUT2D eigenvalue weighted by Crippen LogP contribution is 2.35. The molecular formula is C20H20N2OS. The van der Waals surface area contributed by atoms with Crippen molar-refractivity contribution in [2.24, 2.45) is 0 Å². The maximum atomic E-state index is 12.4. The summed E-state index contributed by atoms with van der Waals surface area (Å²) < 4.78 is 0. The molecule has 1 amide bonds. The summed E-state index contributed by atoms with van der Waals surface area (Å²) in [5, 5.41) is 4.44. The lowest BCUT2D eigenvalue weighted by molar-refractivity contribution is -0.121. The van der Waals surface area contributed by atoms with Crippen LogP contribution in [0.15, 0.2) is 59.6 Å². The molecule has 1 atom stereocenters. The van der Waals surface area contributed by atoms with Crippen LogP contribution in [-0.2, 0) is 11.2 Å². The van der Waals surface area contributed by atoms with Crippen LogP contribution in [0.2, 0.25) is 0 Å². The lowest BCUT2D eigenvalue weighted by atomic mass is 10.0. The Bertz CT molecular complexity index is 871. The molecule has 2 aromatic carbocycles. The number of benzene rings is 2. The topological polar surface area (TPSA) is 44.9 Å². The van der Waals surface area contributed by atoms with Gasteiger partial charge in [-0.3, -0.25) is 4.79 Å². The molecule has 3 nitrogen and oxygen atoms in total. The molecule has 0 aliphatic carbocycles. The first-order valence-corrected chi connectivity index (χ1v) is 9.36. The van der Waals surface area contributed by atoms with E-state index in [0.717, 1.165) is 24.1 Å². The van der Waals surface area contributed by atoms with E-state index in [1.165, 1.54) is 21.4 Å². The summed E-state index contributed by atoms with van der Waals surface area (Å²) in [5.41, 5.74) is 3.60. The quantitative estimate of drug-likeness (QED) is 0.739. The number of hydrogen-bond acceptors (Lipinski definition) is 2. The number of aromatic amines is 1. The summed E-state index contributed by atoms with van der Waals surface area (Å²) in [4.78, 5) is 17.0. The third kappa shape index (κ3) is 3.06. The Hall–Kier alpha value is -2.20. The highest BCUT2D eigenvalue weighted by atomic mass is 32.2.